The van der Waals surface area contributed by atoms with Gasteiger partial charge in [-0.05, 0) is 6.92 Å². The average Bonchev–Trinajstić information content (AvgIpc) is 2.38. The largest absolute Gasteiger partial charge is 0.394 e. The van der Waals surface area contributed by atoms with Gasteiger partial charge < -0.3 is 41.4 Å². The second-order valence-corrected chi connectivity index (χ2v) is 5.05. The zero-order valence-corrected chi connectivity index (χ0v) is 11.4. The molecule has 0 saturated carbocycles. The van der Waals surface area contributed by atoms with E-state index in [1.807, 2.05) is 0 Å². The monoisotopic (exact) mass is 308 g/mol. The SMILES string of the molecule is CC1(O)C(O)[C@@H](O)C(CO)O[C@H]1OC(CC(N)=O)C(N)=O. The molecule has 1 heterocycles. The molecule has 8 N–H and O–H groups in total. The fraction of sp³-hybridized carbons (Fsp3) is 0.818. The number of rotatable bonds is 6. The molecule has 0 radical (unpaired) electrons. The van der Waals surface area contributed by atoms with Gasteiger partial charge in [0.1, 0.15) is 30.0 Å². The Balaban J connectivity index is 2.92. The van der Waals surface area contributed by atoms with Gasteiger partial charge in [0.05, 0.1) is 13.0 Å². The molecule has 4 unspecified atom stereocenters. The molecule has 10 heteroatoms. The van der Waals surface area contributed by atoms with Crippen molar-refractivity contribution in [2.45, 2.75) is 49.7 Å². The van der Waals surface area contributed by atoms with E-state index in [-0.39, 0.29) is 0 Å². The van der Waals surface area contributed by atoms with Crippen molar-refractivity contribution in [1.29, 1.82) is 0 Å². The van der Waals surface area contributed by atoms with Gasteiger partial charge in [0.25, 0.3) is 0 Å². The van der Waals surface area contributed by atoms with Crippen molar-refractivity contribution in [2.24, 2.45) is 11.5 Å². The van der Waals surface area contributed by atoms with Crippen LogP contribution in [0.1, 0.15) is 13.3 Å². The second-order valence-electron chi connectivity index (χ2n) is 5.05. The summed E-state index contributed by atoms with van der Waals surface area (Å²) in [5, 5.41) is 38.7. The Morgan fingerprint density at radius 1 is 1.38 bits per heavy atom. The van der Waals surface area contributed by atoms with Crippen LogP contribution in [-0.2, 0) is 19.1 Å². The van der Waals surface area contributed by atoms with Crippen LogP contribution in [0.4, 0.5) is 0 Å². The van der Waals surface area contributed by atoms with Crippen molar-refractivity contribution in [2.75, 3.05) is 6.61 Å². The Morgan fingerprint density at radius 3 is 2.38 bits per heavy atom. The first-order chi connectivity index (χ1) is 9.61. The van der Waals surface area contributed by atoms with Gasteiger partial charge in [-0.3, -0.25) is 9.59 Å². The van der Waals surface area contributed by atoms with E-state index in [1.54, 1.807) is 0 Å². The lowest BCUT2D eigenvalue weighted by molar-refractivity contribution is -0.342. The van der Waals surface area contributed by atoms with E-state index in [0.29, 0.717) is 0 Å². The fourth-order valence-corrected chi connectivity index (χ4v) is 1.93. The topological polar surface area (TPSA) is 186 Å². The molecular formula is C11H20N2O8. The highest BCUT2D eigenvalue weighted by atomic mass is 16.7. The Bertz CT molecular complexity index is 402. The number of hydrogen-bond donors (Lipinski definition) is 6. The molecule has 1 fully saturated rings. The normalized spacial score (nSPS) is 38.0. The van der Waals surface area contributed by atoms with E-state index < -0.39 is 61.1 Å². The van der Waals surface area contributed by atoms with Crippen LogP contribution in [0.25, 0.3) is 0 Å². The summed E-state index contributed by atoms with van der Waals surface area (Å²) in [6.07, 6.45) is -8.16. The molecule has 0 aromatic rings. The third-order valence-electron chi connectivity index (χ3n) is 3.25. The number of aliphatic hydroxyl groups excluding tert-OH is 3. The first kappa shape index (κ1) is 17.8. The summed E-state index contributed by atoms with van der Waals surface area (Å²) >= 11 is 0. The zero-order valence-electron chi connectivity index (χ0n) is 11.4. The van der Waals surface area contributed by atoms with Crippen LogP contribution in [-0.4, -0.2) is 75.2 Å². The third-order valence-corrected chi connectivity index (χ3v) is 3.25. The molecule has 1 saturated heterocycles. The molecule has 6 atom stereocenters. The quantitative estimate of drug-likeness (QED) is 0.286. The summed E-state index contributed by atoms with van der Waals surface area (Å²) in [5.41, 5.74) is 7.90. The van der Waals surface area contributed by atoms with Gasteiger partial charge in [-0.25, -0.2) is 0 Å². The predicted molar refractivity (Wildman–Crippen MR) is 66.3 cm³/mol. The van der Waals surface area contributed by atoms with Crippen LogP contribution in [0.5, 0.6) is 0 Å². The maximum absolute atomic E-state index is 11.2. The maximum atomic E-state index is 11.2. The van der Waals surface area contributed by atoms with E-state index in [1.165, 1.54) is 0 Å². The number of ether oxygens (including phenoxy) is 2. The number of carbonyl (C=O) groups is 2. The number of amides is 2. The van der Waals surface area contributed by atoms with Crippen LogP contribution in [0.2, 0.25) is 0 Å². The van der Waals surface area contributed by atoms with Crippen molar-refractivity contribution >= 4 is 11.8 Å². The van der Waals surface area contributed by atoms with Gasteiger partial charge in [0.15, 0.2) is 6.29 Å². The lowest BCUT2D eigenvalue weighted by Crippen LogP contribution is -2.66. The summed E-state index contributed by atoms with van der Waals surface area (Å²) in [5.74, 6) is -1.89. The van der Waals surface area contributed by atoms with E-state index in [4.69, 9.17) is 26.0 Å². The van der Waals surface area contributed by atoms with Gasteiger partial charge in [0.2, 0.25) is 11.8 Å². The predicted octanol–water partition coefficient (Wildman–Crippen LogP) is -4.08. The zero-order chi connectivity index (χ0) is 16.4. The van der Waals surface area contributed by atoms with Gasteiger partial charge in [-0.1, -0.05) is 0 Å². The molecule has 0 bridgehead atoms. The molecule has 0 aliphatic carbocycles. The molecule has 21 heavy (non-hydrogen) atoms. The molecule has 0 aromatic heterocycles. The fourth-order valence-electron chi connectivity index (χ4n) is 1.93. The second kappa shape index (κ2) is 6.64. The van der Waals surface area contributed by atoms with Gasteiger partial charge in [0, 0.05) is 0 Å². The maximum Gasteiger partial charge on any atom is 0.247 e. The van der Waals surface area contributed by atoms with Crippen molar-refractivity contribution < 1.29 is 39.5 Å². The molecule has 1 rings (SSSR count). The molecule has 0 aromatic carbocycles. The molecule has 2 amide bonds. The number of primary amides is 2. The van der Waals surface area contributed by atoms with Crippen molar-refractivity contribution in [3.8, 4) is 0 Å². The number of nitrogens with two attached hydrogens (primary N) is 2. The van der Waals surface area contributed by atoms with E-state index in [2.05, 4.69) is 0 Å². The van der Waals surface area contributed by atoms with Crippen LogP contribution in [0, 0.1) is 0 Å². The molecule has 10 nitrogen and oxygen atoms in total. The standard InChI is InChI=1S/C11H20N2O8/c1-11(19)8(17)7(16)5(3-14)21-10(11)20-4(9(13)18)2-6(12)15/h4-5,7-8,10,14,16-17,19H,2-3H2,1H3,(H2,12,15)(H2,13,18)/t4?,5?,7-,8?,10+,11?/m0/s1. The molecular weight excluding hydrogens is 288 g/mol. The first-order valence-electron chi connectivity index (χ1n) is 6.19. The van der Waals surface area contributed by atoms with Gasteiger partial charge in [-0.15, -0.1) is 0 Å². The Hall–Kier alpha value is -1.30. The van der Waals surface area contributed by atoms with E-state index in [0.717, 1.165) is 6.92 Å². The van der Waals surface area contributed by atoms with Gasteiger partial charge in [-0.2, -0.15) is 0 Å². The highest BCUT2D eigenvalue weighted by Gasteiger charge is 2.53. The minimum Gasteiger partial charge on any atom is -0.394 e. The summed E-state index contributed by atoms with van der Waals surface area (Å²) in [6, 6.07) is 0. The number of carbonyl (C=O) groups excluding carboxylic acids is 2. The smallest absolute Gasteiger partial charge is 0.247 e. The van der Waals surface area contributed by atoms with E-state index >= 15 is 0 Å². The summed E-state index contributed by atoms with van der Waals surface area (Å²) in [4.78, 5) is 22.1. The number of hydrogen-bond acceptors (Lipinski definition) is 8. The van der Waals surface area contributed by atoms with Crippen LogP contribution in [0.3, 0.4) is 0 Å². The van der Waals surface area contributed by atoms with E-state index in [9.17, 15) is 24.9 Å². The van der Waals surface area contributed by atoms with Crippen molar-refractivity contribution in [3.05, 3.63) is 0 Å². The van der Waals surface area contributed by atoms with Crippen LogP contribution in [0.15, 0.2) is 0 Å². The van der Waals surface area contributed by atoms with Crippen molar-refractivity contribution in [3.63, 3.8) is 0 Å². The van der Waals surface area contributed by atoms with Crippen molar-refractivity contribution in [1.82, 2.24) is 0 Å². The number of aliphatic hydroxyl groups is 4. The van der Waals surface area contributed by atoms with Crippen LogP contribution < -0.4 is 11.5 Å². The molecule has 122 valence electrons. The Morgan fingerprint density at radius 2 is 1.95 bits per heavy atom. The minimum absolute atomic E-state index is 0.548. The average molecular weight is 308 g/mol. The summed E-state index contributed by atoms with van der Waals surface area (Å²) in [6.45, 7) is 0.437. The van der Waals surface area contributed by atoms with Crippen LogP contribution >= 0.6 is 0 Å². The first-order valence-corrected chi connectivity index (χ1v) is 6.19. The minimum atomic E-state index is -2.10. The molecule has 1 aliphatic heterocycles. The molecule has 1 aliphatic rings. The summed E-state index contributed by atoms with van der Waals surface area (Å²) in [7, 11) is 0. The Kier molecular flexibility index (Phi) is 5.61. The Labute approximate surface area is 120 Å². The third kappa shape index (κ3) is 3.87. The highest BCUT2D eigenvalue weighted by molar-refractivity contribution is 5.85. The lowest BCUT2D eigenvalue weighted by atomic mass is 9.88. The summed E-state index contributed by atoms with van der Waals surface area (Å²) < 4.78 is 10.2. The molecule has 0 spiro atoms. The van der Waals surface area contributed by atoms with Gasteiger partial charge >= 0.3 is 0 Å². The lowest BCUT2D eigenvalue weighted by Gasteiger charge is -2.46. The highest BCUT2D eigenvalue weighted by Crippen LogP contribution is 2.31.